The molecule has 0 rings (SSSR count). The Balaban J connectivity index is 3.73. The largest absolute Gasteiger partial charge is 0.481 e. The van der Waals surface area contributed by atoms with Crippen molar-refractivity contribution in [1.29, 1.82) is 0 Å². The van der Waals surface area contributed by atoms with Gasteiger partial charge in [-0.25, -0.2) is 0 Å². The lowest BCUT2D eigenvalue weighted by Gasteiger charge is -1.94. The van der Waals surface area contributed by atoms with Gasteiger partial charge in [0, 0.05) is 7.11 Å². The number of carbonyl (C=O) groups is 1. The number of hydrogen-bond donors (Lipinski definition) is 1. The van der Waals surface area contributed by atoms with E-state index in [2.05, 4.69) is 4.74 Å². The van der Waals surface area contributed by atoms with E-state index in [1.807, 2.05) is 0 Å². The predicted molar refractivity (Wildman–Crippen MR) is 41.2 cm³/mol. The first-order valence-corrected chi connectivity index (χ1v) is 4.73. The molecule has 4 nitrogen and oxygen atoms in total. The lowest BCUT2D eigenvalue weighted by atomic mass is 10.3. The van der Waals surface area contributed by atoms with Gasteiger partial charge in [-0.05, 0) is 6.92 Å². The summed E-state index contributed by atoms with van der Waals surface area (Å²) < 4.78 is 15.7. The average Bonchev–Trinajstić information content (AvgIpc) is 1.86. The van der Waals surface area contributed by atoms with Crippen LogP contribution < -0.4 is 0 Å². The summed E-state index contributed by atoms with van der Waals surface area (Å²) in [7, 11) is -0.0823. The minimum atomic E-state index is -1.53. The van der Waals surface area contributed by atoms with Crippen molar-refractivity contribution in [3.8, 4) is 0 Å². The van der Waals surface area contributed by atoms with Crippen molar-refractivity contribution < 1.29 is 19.2 Å². The molecule has 64 valence electrons. The molecule has 0 bridgehead atoms. The van der Waals surface area contributed by atoms with Crippen LogP contribution in [-0.4, -0.2) is 30.2 Å². The summed E-state index contributed by atoms with van der Waals surface area (Å²) in [6.07, 6.45) is 0.0857. The number of ether oxygens (including phenoxy) is 1. The van der Waals surface area contributed by atoms with Crippen molar-refractivity contribution in [2.24, 2.45) is 0 Å². The number of carboxylic acids is 1. The number of methoxy groups -OCH3 is 1. The molecule has 0 aromatic heterocycles. The van der Waals surface area contributed by atoms with Gasteiger partial charge in [0.15, 0.2) is 5.66 Å². The minimum absolute atomic E-state index is 0.0570. The van der Waals surface area contributed by atoms with Crippen LogP contribution >= 0.6 is 7.80 Å². The third kappa shape index (κ3) is 4.87. The molecule has 0 aromatic carbocycles. The normalized spacial score (nSPS) is 14.2. The van der Waals surface area contributed by atoms with Gasteiger partial charge in [-0.3, -0.25) is 4.79 Å². The van der Waals surface area contributed by atoms with Gasteiger partial charge < -0.3 is 9.84 Å². The summed E-state index contributed by atoms with van der Waals surface area (Å²) in [6.45, 7) is 1.64. The lowest BCUT2D eigenvalue weighted by molar-refractivity contribution is -0.136. The molecule has 0 fully saturated rings. The second-order valence-corrected chi connectivity index (χ2v) is 4.26. The van der Waals surface area contributed by atoms with E-state index in [0.717, 1.165) is 0 Å². The highest BCUT2D eigenvalue weighted by Crippen LogP contribution is 2.29. The highest BCUT2D eigenvalue weighted by atomic mass is 31.1. The minimum Gasteiger partial charge on any atom is -0.481 e. The molecule has 0 aliphatic rings. The third-order valence-electron chi connectivity index (χ3n) is 1.22. The number of aliphatic carboxylic acids is 1. The van der Waals surface area contributed by atoms with Crippen LogP contribution in [0.3, 0.4) is 0 Å². The van der Waals surface area contributed by atoms with Crippen LogP contribution in [0.25, 0.3) is 0 Å². The quantitative estimate of drug-likeness (QED) is 0.645. The predicted octanol–water partition coefficient (Wildman–Crippen LogP) is 1.28. The van der Waals surface area contributed by atoms with Gasteiger partial charge in [0.25, 0.3) is 0 Å². The van der Waals surface area contributed by atoms with E-state index in [1.165, 1.54) is 7.11 Å². The van der Waals surface area contributed by atoms with E-state index in [0.29, 0.717) is 0 Å². The molecule has 11 heavy (non-hydrogen) atoms. The number of hydrogen-bond acceptors (Lipinski definition) is 3. The van der Waals surface area contributed by atoms with Gasteiger partial charge in [0.2, 0.25) is 6.35 Å². The highest BCUT2D eigenvalue weighted by molar-refractivity contribution is 7.45. The fraction of sp³-hybridized carbons (Fsp3) is 0.833. The number of carboxylic acid groups (broad SMARTS) is 1. The molecular weight excluding hydrogens is 167 g/mol. The van der Waals surface area contributed by atoms with Gasteiger partial charge in [-0.1, -0.05) is 4.57 Å². The molecule has 0 aromatic rings. The third-order valence-corrected chi connectivity index (χ3v) is 2.90. The Bertz CT molecular complexity index is 157. The molecular formula is C6H12O4P+. The first-order chi connectivity index (χ1) is 5.07. The van der Waals surface area contributed by atoms with Crippen LogP contribution in [0.4, 0.5) is 0 Å². The van der Waals surface area contributed by atoms with Crippen LogP contribution in [0.1, 0.15) is 13.3 Å². The van der Waals surface area contributed by atoms with Crippen molar-refractivity contribution in [2.75, 3.05) is 13.5 Å². The standard InChI is InChI=1S/C6H11O4P/c1-5(3-6(7)8)11(9)4-10-2/h5H,3-4H2,1-2H3/p+1. The summed E-state index contributed by atoms with van der Waals surface area (Å²) >= 11 is 0. The molecule has 1 N–H and O–H groups in total. The Labute approximate surface area is 66.3 Å². The van der Waals surface area contributed by atoms with Crippen LogP contribution in [0.2, 0.25) is 0 Å². The van der Waals surface area contributed by atoms with Gasteiger partial charge in [-0.15, -0.1) is 0 Å². The van der Waals surface area contributed by atoms with Crippen molar-refractivity contribution in [1.82, 2.24) is 0 Å². The number of rotatable bonds is 5. The van der Waals surface area contributed by atoms with Gasteiger partial charge in [-0.2, -0.15) is 0 Å². The summed E-state index contributed by atoms with van der Waals surface area (Å²) in [5.41, 5.74) is -0.303. The topological polar surface area (TPSA) is 63.6 Å². The first kappa shape index (κ1) is 10.5. The fourth-order valence-corrected chi connectivity index (χ4v) is 1.48. The van der Waals surface area contributed by atoms with E-state index < -0.39 is 13.8 Å². The van der Waals surface area contributed by atoms with Crippen LogP contribution in [0, 0.1) is 0 Å². The zero-order chi connectivity index (χ0) is 8.85. The molecule has 0 aliphatic heterocycles. The maximum Gasteiger partial charge on any atom is 0.370 e. The second-order valence-electron chi connectivity index (χ2n) is 2.28. The molecule has 0 saturated carbocycles. The average molecular weight is 179 g/mol. The molecule has 0 heterocycles. The monoisotopic (exact) mass is 179 g/mol. The molecule has 2 atom stereocenters. The van der Waals surface area contributed by atoms with Crippen molar-refractivity contribution in [2.45, 2.75) is 19.0 Å². The van der Waals surface area contributed by atoms with E-state index in [4.69, 9.17) is 5.11 Å². The van der Waals surface area contributed by atoms with E-state index in [1.54, 1.807) is 6.92 Å². The molecule has 5 heteroatoms. The van der Waals surface area contributed by atoms with Crippen molar-refractivity contribution in [3.63, 3.8) is 0 Å². The Morgan fingerprint density at radius 3 is 2.64 bits per heavy atom. The summed E-state index contributed by atoms with van der Waals surface area (Å²) in [4.78, 5) is 10.1. The molecule has 0 aliphatic carbocycles. The molecule has 0 saturated heterocycles. The maximum atomic E-state index is 11.0. The fourth-order valence-electron chi connectivity index (χ4n) is 0.609. The Morgan fingerprint density at radius 2 is 2.27 bits per heavy atom. The van der Waals surface area contributed by atoms with E-state index in [9.17, 15) is 9.36 Å². The zero-order valence-corrected chi connectivity index (χ0v) is 7.51. The van der Waals surface area contributed by atoms with E-state index in [-0.39, 0.29) is 18.4 Å². The Hall–Kier alpha value is -0.470. The summed E-state index contributed by atoms with van der Waals surface area (Å²) in [5.74, 6) is -0.919. The Kier molecular flexibility index (Phi) is 4.99. The smallest absolute Gasteiger partial charge is 0.370 e. The molecule has 2 unspecified atom stereocenters. The molecule has 0 amide bonds. The van der Waals surface area contributed by atoms with Gasteiger partial charge in [0.1, 0.15) is 0 Å². The summed E-state index contributed by atoms with van der Waals surface area (Å²) in [6, 6.07) is 0. The van der Waals surface area contributed by atoms with Crippen molar-refractivity contribution >= 4 is 13.8 Å². The zero-order valence-electron chi connectivity index (χ0n) is 6.61. The van der Waals surface area contributed by atoms with E-state index >= 15 is 0 Å². The maximum absolute atomic E-state index is 11.0. The van der Waals surface area contributed by atoms with Crippen LogP contribution in [0.15, 0.2) is 0 Å². The van der Waals surface area contributed by atoms with Gasteiger partial charge in [0.05, 0.1) is 6.42 Å². The lowest BCUT2D eigenvalue weighted by Crippen LogP contribution is -2.06. The van der Waals surface area contributed by atoms with Crippen LogP contribution in [0.5, 0.6) is 0 Å². The second kappa shape index (κ2) is 5.22. The van der Waals surface area contributed by atoms with Crippen molar-refractivity contribution in [3.05, 3.63) is 0 Å². The first-order valence-electron chi connectivity index (χ1n) is 3.22. The SMILES string of the molecule is COC[P+](=O)C(C)CC(=O)O. The molecule has 0 radical (unpaired) electrons. The summed E-state index contributed by atoms with van der Waals surface area (Å²) in [5, 5.41) is 8.33. The molecule has 0 spiro atoms. The Morgan fingerprint density at radius 1 is 1.73 bits per heavy atom. The van der Waals surface area contributed by atoms with Crippen LogP contribution in [-0.2, 0) is 14.1 Å². The van der Waals surface area contributed by atoms with Gasteiger partial charge >= 0.3 is 13.8 Å². The highest BCUT2D eigenvalue weighted by Gasteiger charge is 2.27.